The molecule has 0 N–H and O–H groups in total. The number of hydrogen-bond acceptors (Lipinski definition) is 3. The smallest absolute Gasteiger partial charge is 0.242 e. The molecule has 26 heavy (non-hydrogen) atoms. The highest BCUT2D eigenvalue weighted by molar-refractivity contribution is 5.83. The number of fused-ring (bicyclic) bond motifs is 1. The van der Waals surface area contributed by atoms with Gasteiger partial charge in [-0.05, 0) is 36.6 Å². The van der Waals surface area contributed by atoms with Crippen molar-refractivity contribution in [3.8, 4) is 0 Å². The van der Waals surface area contributed by atoms with Gasteiger partial charge in [0.1, 0.15) is 12.4 Å². The Morgan fingerprint density at radius 2 is 2.00 bits per heavy atom. The molecule has 4 rings (SSSR count). The molecule has 0 radical (unpaired) electrons. The van der Waals surface area contributed by atoms with Crippen LogP contribution in [0.5, 0.6) is 0 Å². The normalized spacial score (nSPS) is 17.7. The van der Waals surface area contributed by atoms with E-state index in [1.807, 2.05) is 59.0 Å². The van der Waals surface area contributed by atoms with Gasteiger partial charge in [-0.3, -0.25) is 4.79 Å². The van der Waals surface area contributed by atoms with Crippen molar-refractivity contribution in [3.05, 3.63) is 60.7 Å². The Kier molecular flexibility index (Phi) is 4.32. The van der Waals surface area contributed by atoms with Gasteiger partial charge in [-0.25, -0.2) is 4.98 Å². The highest BCUT2D eigenvalue weighted by atomic mass is 19.1. The molecule has 0 bridgehead atoms. The van der Waals surface area contributed by atoms with E-state index >= 15 is 0 Å². The van der Waals surface area contributed by atoms with Crippen LogP contribution >= 0.6 is 0 Å². The predicted octanol–water partition coefficient (Wildman–Crippen LogP) is 2.91. The summed E-state index contributed by atoms with van der Waals surface area (Å²) in [7, 11) is 0. The van der Waals surface area contributed by atoms with Crippen LogP contribution in [0.4, 0.5) is 10.2 Å². The number of carbonyl (C=O) groups is 1. The van der Waals surface area contributed by atoms with Crippen molar-refractivity contribution >= 4 is 22.6 Å². The van der Waals surface area contributed by atoms with Gasteiger partial charge in [-0.1, -0.05) is 24.3 Å². The number of halogens is 1. The Hall–Kier alpha value is -2.89. The van der Waals surface area contributed by atoms with Gasteiger partial charge in [0.25, 0.3) is 0 Å². The van der Waals surface area contributed by atoms with Crippen LogP contribution < -0.4 is 4.90 Å². The van der Waals surface area contributed by atoms with E-state index in [4.69, 9.17) is 0 Å². The number of amides is 1. The first-order valence-electron chi connectivity index (χ1n) is 8.82. The summed E-state index contributed by atoms with van der Waals surface area (Å²) in [5.41, 5.74) is 1.07. The van der Waals surface area contributed by atoms with E-state index in [-0.39, 0.29) is 11.9 Å². The third kappa shape index (κ3) is 3.14. The minimum absolute atomic E-state index is 0.0865. The minimum atomic E-state index is -0.479. The predicted molar refractivity (Wildman–Crippen MR) is 99.5 cm³/mol. The zero-order valence-electron chi connectivity index (χ0n) is 14.7. The molecule has 3 aromatic rings. The summed E-state index contributed by atoms with van der Waals surface area (Å²) in [6, 6.07) is 15.0. The molecule has 134 valence electrons. The van der Waals surface area contributed by atoms with Gasteiger partial charge in [0.15, 0.2) is 0 Å². The van der Waals surface area contributed by atoms with E-state index in [0.29, 0.717) is 32.0 Å². The van der Waals surface area contributed by atoms with Crippen LogP contribution in [0, 0.1) is 5.95 Å². The number of benzene rings is 1. The van der Waals surface area contributed by atoms with E-state index < -0.39 is 5.95 Å². The molecule has 1 unspecified atom stereocenters. The van der Waals surface area contributed by atoms with Crippen molar-refractivity contribution in [2.24, 2.45) is 0 Å². The van der Waals surface area contributed by atoms with Crippen LogP contribution in [-0.4, -0.2) is 46.0 Å². The molecule has 1 fully saturated rings. The Morgan fingerprint density at radius 3 is 2.81 bits per heavy atom. The van der Waals surface area contributed by atoms with Crippen molar-refractivity contribution in [3.63, 3.8) is 0 Å². The van der Waals surface area contributed by atoms with E-state index in [2.05, 4.69) is 9.88 Å². The van der Waals surface area contributed by atoms with Gasteiger partial charge in [0.2, 0.25) is 11.9 Å². The molecule has 0 aliphatic carbocycles. The van der Waals surface area contributed by atoms with E-state index in [9.17, 15) is 9.18 Å². The monoisotopic (exact) mass is 352 g/mol. The standard InChI is InChI=1S/C20H21FN4O/c1-15-13-24(11-12-25(15)19-8-4-7-18(21)22-19)20(26)14-23-10-9-16-5-2-3-6-17(16)23/h2-10,15H,11-14H2,1H3. The fourth-order valence-electron chi connectivity index (χ4n) is 3.61. The van der Waals surface area contributed by atoms with Crippen molar-refractivity contribution in [2.45, 2.75) is 19.5 Å². The fraction of sp³-hybridized carbons (Fsp3) is 0.300. The lowest BCUT2D eigenvalue weighted by atomic mass is 10.2. The van der Waals surface area contributed by atoms with Crippen LogP contribution in [0.3, 0.4) is 0 Å². The number of pyridine rings is 1. The summed E-state index contributed by atoms with van der Waals surface area (Å²) >= 11 is 0. The maximum atomic E-state index is 13.4. The molecule has 1 aliphatic rings. The van der Waals surface area contributed by atoms with E-state index in [1.165, 1.54) is 6.07 Å². The molecule has 1 atom stereocenters. The second kappa shape index (κ2) is 6.78. The van der Waals surface area contributed by atoms with Crippen LogP contribution in [0.25, 0.3) is 10.9 Å². The molecule has 1 aromatic carbocycles. The maximum Gasteiger partial charge on any atom is 0.242 e. The molecule has 1 amide bonds. The lowest BCUT2D eigenvalue weighted by Gasteiger charge is -2.40. The molecular weight excluding hydrogens is 331 g/mol. The van der Waals surface area contributed by atoms with Gasteiger partial charge in [-0.15, -0.1) is 0 Å². The molecule has 6 heteroatoms. The number of carbonyl (C=O) groups excluding carboxylic acids is 1. The van der Waals surface area contributed by atoms with Crippen LogP contribution in [0.15, 0.2) is 54.7 Å². The number of anilines is 1. The SMILES string of the molecule is CC1CN(C(=O)Cn2ccc3ccccc32)CCN1c1cccc(F)n1. The van der Waals surface area contributed by atoms with Crippen molar-refractivity contribution in [2.75, 3.05) is 24.5 Å². The van der Waals surface area contributed by atoms with Gasteiger partial charge >= 0.3 is 0 Å². The quantitative estimate of drug-likeness (QED) is 0.681. The first-order chi connectivity index (χ1) is 12.6. The fourth-order valence-corrected chi connectivity index (χ4v) is 3.61. The number of para-hydroxylation sites is 1. The molecule has 0 spiro atoms. The highest BCUT2D eigenvalue weighted by Gasteiger charge is 2.27. The summed E-state index contributed by atoms with van der Waals surface area (Å²) in [5.74, 6) is 0.249. The zero-order chi connectivity index (χ0) is 18.1. The summed E-state index contributed by atoms with van der Waals surface area (Å²) in [4.78, 5) is 20.7. The molecule has 0 saturated carbocycles. The third-order valence-electron chi connectivity index (χ3n) is 4.96. The van der Waals surface area contributed by atoms with Crippen LogP contribution in [-0.2, 0) is 11.3 Å². The molecular formula is C20H21FN4O. The van der Waals surface area contributed by atoms with Crippen molar-refractivity contribution in [1.82, 2.24) is 14.5 Å². The summed E-state index contributed by atoms with van der Waals surface area (Å²) in [6.07, 6.45) is 1.96. The topological polar surface area (TPSA) is 41.4 Å². The molecule has 3 heterocycles. The second-order valence-corrected chi connectivity index (χ2v) is 6.70. The molecule has 5 nitrogen and oxygen atoms in total. The molecule has 1 saturated heterocycles. The summed E-state index contributed by atoms with van der Waals surface area (Å²) in [6.45, 7) is 4.24. The Bertz CT molecular complexity index is 938. The van der Waals surface area contributed by atoms with Gasteiger partial charge in [0.05, 0.1) is 0 Å². The Balaban J connectivity index is 1.44. The number of aromatic nitrogens is 2. The highest BCUT2D eigenvalue weighted by Crippen LogP contribution is 2.20. The average Bonchev–Trinajstić information content (AvgIpc) is 3.04. The van der Waals surface area contributed by atoms with Gasteiger partial charge in [-0.2, -0.15) is 4.39 Å². The molecule has 2 aromatic heterocycles. The van der Waals surface area contributed by atoms with Gasteiger partial charge < -0.3 is 14.4 Å². The number of hydrogen-bond donors (Lipinski definition) is 0. The van der Waals surface area contributed by atoms with Crippen LogP contribution in [0.2, 0.25) is 0 Å². The summed E-state index contributed by atoms with van der Waals surface area (Å²) in [5, 5.41) is 1.13. The van der Waals surface area contributed by atoms with Crippen molar-refractivity contribution in [1.29, 1.82) is 0 Å². The lowest BCUT2D eigenvalue weighted by molar-refractivity contribution is -0.132. The average molecular weight is 352 g/mol. The van der Waals surface area contributed by atoms with E-state index in [0.717, 1.165) is 10.9 Å². The zero-order valence-corrected chi connectivity index (χ0v) is 14.7. The van der Waals surface area contributed by atoms with Gasteiger partial charge in [0, 0.05) is 37.4 Å². The first kappa shape index (κ1) is 16.6. The first-order valence-corrected chi connectivity index (χ1v) is 8.82. The number of piperazine rings is 1. The minimum Gasteiger partial charge on any atom is -0.350 e. The molecule has 1 aliphatic heterocycles. The van der Waals surface area contributed by atoms with Crippen molar-refractivity contribution < 1.29 is 9.18 Å². The Morgan fingerprint density at radius 1 is 1.15 bits per heavy atom. The second-order valence-electron chi connectivity index (χ2n) is 6.70. The largest absolute Gasteiger partial charge is 0.350 e. The summed E-state index contributed by atoms with van der Waals surface area (Å²) < 4.78 is 15.4. The Labute approximate surface area is 151 Å². The number of nitrogens with zero attached hydrogens (tertiary/aromatic N) is 4. The van der Waals surface area contributed by atoms with Crippen LogP contribution in [0.1, 0.15) is 6.92 Å². The number of rotatable bonds is 3. The lowest BCUT2D eigenvalue weighted by Crippen LogP contribution is -2.54. The third-order valence-corrected chi connectivity index (χ3v) is 4.96. The van der Waals surface area contributed by atoms with E-state index in [1.54, 1.807) is 6.07 Å². The maximum absolute atomic E-state index is 13.4.